The summed E-state index contributed by atoms with van der Waals surface area (Å²) < 4.78 is 1.90. The van der Waals surface area contributed by atoms with Crippen molar-refractivity contribution in [3.63, 3.8) is 0 Å². The van der Waals surface area contributed by atoms with Crippen molar-refractivity contribution in [1.82, 2.24) is 25.2 Å². The monoisotopic (exact) mass is 381 g/mol. The molecule has 28 heavy (non-hydrogen) atoms. The van der Waals surface area contributed by atoms with Gasteiger partial charge in [0.2, 0.25) is 0 Å². The van der Waals surface area contributed by atoms with Gasteiger partial charge in [0.05, 0.1) is 12.2 Å². The number of rotatable bonds is 6. The fraction of sp³-hybridized carbons (Fsp3) is 0.591. The molecule has 0 unspecified atom stereocenters. The molecule has 1 N–H and O–H groups in total. The SMILES string of the molecule is CCc1ccc(CN2CCC[C@H](n3cc(C(=O)NC4CCCC4)nn3)C2)cc1. The van der Waals surface area contributed by atoms with Crippen LogP contribution < -0.4 is 5.32 Å². The maximum absolute atomic E-state index is 12.4. The maximum atomic E-state index is 12.4. The molecule has 6 nitrogen and oxygen atoms in total. The predicted molar refractivity (Wildman–Crippen MR) is 109 cm³/mol. The Morgan fingerprint density at radius 1 is 1.11 bits per heavy atom. The van der Waals surface area contributed by atoms with Crippen molar-refractivity contribution in [3.05, 3.63) is 47.3 Å². The van der Waals surface area contributed by atoms with E-state index in [1.54, 1.807) is 0 Å². The number of nitrogens with zero attached hydrogens (tertiary/aromatic N) is 4. The van der Waals surface area contributed by atoms with E-state index < -0.39 is 0 Å². The molecule has 1 saturated carbocycles. The number of aromatic nitrogens is 3. The average Bonchev–Trinajstić information content (AvgIpc) is 3.41. The second kappa shape index (κ2) is 8.86. The number of hydrogen-bond acceptors (Lipinski definition) is 4. The van der Waals surface area contributed by atoms with Crippen LogP contribution in [-0.4, -0.2) is 44.9 Å². The van der Waals surface area contributed by atoms with Crippen molar-refractivity contribution in [2.24, 2.45) is 0 Å². The van der Waals surface area contributed by atoms with Crippen LogP contribution in [0.1, 0.15) is 73.1 Å². The molecule has 6 heteroatoms. The summed E-state index contributed by atoms with van der Waals surface area (Å²) in [7, 11) is 0. The Kier molecular flexibility index (Phi) is 6.05. The third-order valence-electron chi connectivity index (χ3n) is 6.13. The first-order valence-electron chi connectivity index (χ1n) is 10.7. The highest BCUT2D eigenvalue weighted by atomic mass is 16.2. The number of carbonyl (C=O) groups is 1. The first kappa shape index (κ1) is 19.1. The Morgan fingerprint density at radius 3 is 2.61 bits per heavy atom. The molecule has 0 radical (unpaired) electrons. The lowest BCUT2D eigenvalue weighted by Gasteiger charge is -2.32. The summed E-state index contributed by atoms with van der Waals surface area (Å²) in [4.78, 5) is 14.9. The molecular formula is C22H31N5O. The van der Waals surface area contributed by atoms with Gasteiger partial charge in [0.25, 0.3) is 5.91 Å². The summed E-state index contributed by atoms with van der Waals surface area (Å²) in [6, 6.07) is 9.52. The van der Waals surface area contributed by atoms with Crippen LogP contribution in [-0.2, 0) is 13.0 Å². The Hall–Kier alpha value is -2.21. The molecule has 2 aliphatic rings. The lowest BCUT2D eigenvalue weighted by molar-refractivity contribution is 0.0932. The minimum atomic E-state index is -0.0816. The van der Waals surface area contributed by atoms with E-state index in [4.69, 9.17) is 0 Å². The van der Waals surface area contributed by atoms with E-state index in [9.17, 15) is 4.79 Å². The summed E-state index contributed by atoms with van der Waals surface area (Å²) >= 11 is 0. The minimum Gasteiger partial charge on any atom is -0.348 e. The molecule has 2 aromatic rings. The van der Waals surface area contributed by atoms with Crippen LogP contribution in [0.4, 0.5) is 0 Å². The van der Waals surface area contributed by atoms with Crippen LogP contribution in [0.5, 0.6) is 0 Å². The van der Waals surface area contributed by atoms with Gasteiger partial charge in [0, 0.05) is 19.1 Å². The largest absolute Gasteiger partial charge is 0.348 e. The van der Waals surface area contributed by atoms with E-state index in [-0.39, 0.29) is 11.9 Å². The molecule has 1 aromatic carbocycles. The van der Waals surface area contributed by atoms with Gasteiger partial charge in [-0.05, 0) is 49.8 Å². The van der Waals surface area contributed by atoms with Gasteiger partial charge in [0.15, 0.2) is 5.69 Å². The lowest BCUT2D eigenvalue weighted by atomic mass is 10.0. The summed E-state index contributed by atoms with van der Waals surface area (Å²) in [5.74, 6) is -0.0816. The van der Waals surface area contributed by atoms with Crippen LogP contribution in [0.3, 0.4) is 0 Å². The molecule has 1 aliphatic carbocycles. The zero-order chi connectivity index (χ0) is 19.3. The van der Waals surface area contributed by atoms with Crippen LogP contribution in [0, 0.1) is 0 Å². The van der Waals surface area contributed by atoms with Gasteiger partial charge in [-0.3, -0.25) is 9.69 Å². The zero-order valence-corrected chi connectivity index (χ0v) is 16.8. The predicted octanol–water partition coefficient (Wildman–Crippen LogP) is 3.35. The summed E-state index contributed by atoms with van der Waals surface area (Å²) in [5, 5.41) is 11.5. The Bertz CT molecular complexity index is 778. The van der Waals surface area contributed by atoms with E-state index in [2.05, 4.69) is 51.7 Å². The second-order valence-corrected chi connectivity index (χ2v) is 8.24. The summed E-state index contributed by atoms with van der Waals surface area (Å²) in [6.07, 6.45) is 9.70. The first-order valence-corrected chi connectivity index (χ1v) is 10.7. The molecule has 4 rings (SSSR count). The van der Waals surface area contributed by atoms with Gasteiger partial charge >= 0.3 is 0 Å². The maximum Gasteiger partial charge on any atom is 0.273 e. The van der Waals surface area contributed by atoms with Crippen molar-refractivity contribution in [2.45, 2.75) is 70.5 Å². The number of hydrogen-bond donors (Lipinski definition) is 1. The molecule has 1 amide bonds. The minimum absolute atomic E-state index is 0.0816. The highest BCUT2D eigenvalue weighted by molar-refractivity contribution is 5.92. The fourth-order valence-corrected chi connectivity index (χ4v) is 4.42. The van der Waals surface area contributed by atoms with Crippen molar-refractivity contribution in [1.29, 1.82) is 0 Å². The smallest absolute Gasteiger partial charge is 0.273 e. The van der Waals surface area contributed by atoms with Gasteiger partial charge in [0.1, 0.15) is 0 Å². The fourth-order valence-electron chi connectivity index (χ4n) is 4.42. The third kappa shape index (κ3) is 4.61. The number of piperidine rings is 1. The van der Waals surface area contributed by atoms with Gasteiger partial charge in [-0.25, -0.2) is 4.68 Å². The third-order valence-corrected chi connectivity index (χ3v) is 6.13. The van der Waals surface area contributed by atoms with Crippen molar-refractivity contribution in [3.8, 4) is 0 Å². The molecule has 2 fully saturated rings. The van der Waals surface area contributed by atoms with E-state index in [1.165, 1.54) is 24.0 Å². The zero-order valence-electron chi connectivity index (χ0n) is 16.8. The Balaban J connectivity index is 1.35. The number of aryl methyl sites for hydroxylation is 1. The van der Waals surface area contributed by atoms with Gasteiger partial charge in [-0.15, -0.1) is 5.10 Å². The number of carbonyl (C=O) groups excluding carboxylic acids is 1. The molecule has 2 heterocycles. The van der Waals surface area contributed by atoms with Crippen LogP contribution >= 0.6 is 0 Å². The van der Waals surface area contributed by atoms with Gasteiger partial charge in [-0.1, -0.05) is 49.2 Å². The van der Waals surface area contributed by atoms with Crippen LogP contribution in [0.25, 0.3) is 0 Å². The van der Waals surface area contributed by atoms with E-state index in [1.807, 2.05) is 10.9 Å². The van der Waals surface area contributed by atoms with E-state index >= 15 is 0 Å². The Morgan fingerprint density at radius 2 is 1.86 bits per heavy atom. The second-order valence-electron chi connectivity index (χ2n) is 8.24. The Labute approximate surface area is 167 Å². The molecular weight excluding hydrogens is 350 g/mol. The average molecular weight is 382 g/mol. The lowest BCUT2D eigenvalue weighted by Crippen LogP contribution is -2.36. The number of amides is 1. The summed E-state index contributed by atoms with van der Waals surface area (Å²) in [5.41, 5.74) is 3.18. The van der Waals surface area contributed by atoms with Crippen molar-refractivity contribution >= 4 is 5.91 Å². The molecule has 1 atom stereocenters. The standard InChI is InChI=1S/C22H31N5O/c1-2-17-9-11-18(12-10-17)14-26-13-5-8-20(15-26)27-16-21(24-25-27)22(28)23-19-6-3-4-7-19/h9-12,16,19-20H,2-8,13-15H2,1H3,(H,23,28)/t20-/m0/s1. The highest BCUT2D eigenvalue weighted by Gasteiger charge is 2.24. The molecule has 0 spiro atoms. The van der Waals surface area contributed by atoms with Crippen LogP contribution in [0.15, 0.2) is 30.5 Å². The topological polar surface area (TPSA) is 63.1 Å². The first-order chi connectivity index (χ1) is 13.7. The normalized spacial score (nSPS) is 21.1. The van der Waals surface area contributed by atoms with Crippen molar-refractivity contribution < 1.29 is 4.79 Å². The molecule has 150 valence electrons. The number of nitrogens with one attached hydrogen (secondary N) is 1. The quantitative estimate of drug-likeness (QED) is 0.833. The molecule has 1 saturated heterocycles. The van der Waals surface area contributed by atoms with Gasteiger partial charge < -0.3 is 5.32 Å². The molecule has 0 bridgehead atoms. The van der Waals surface area contributed by atoms with E-state index in [0.29, 0.717) is 11.7 Å². The molecule has 1 aromatic heterocycles. The van der Waals surface area contributed by atoms with Crippen molar-refractivity contribution in [2.75, 3.05) is 13.1 Å². The number of benzene rings is 1. The van der Waals surface area contributed by atoms with Gasteiger partial charge in [-0.2, -0.15) is 0 Å². The molecule has 1 aliphatic heterocycles. The number of likely N-dealkylation sites (tertiary alicyclic amines) is 1. The summed E-state index contributed by atoms with van der Waals surface area (Å²) in [6.45, 7) is 5.20. The van der Waals surface area contributed by atoms with Crippen LogP contribution in [0.2, 0.25) is 0 Å². The van der Waals surface area contributed by atoms with E-state index in [0.717, 1.165) is 51.7 Å². The highest BCUT2D eigenvalue weighted by Crippen LogP contribution is 2.23.